The first-order valence-corrected chi connectivity index (χ1v) is 8.08. The number of carbonyl (C=O) groups excluding carboxylic acids is 2. The predicted molar refractivity (Wildman–Crippen MR) is 93.9 cm³/mol. The highest BCUT2D eigenvalue weighted by molar-refractivity contribution is 6.06. The van der Waals surface area contributed by atoms with Gasteiger partial charge in [0.05, 0.1) is 10.6 Å². The third kappa shape index (κ3) is 3.49. The molecule has 0 bridgehead atoms. The Morgan fingerprint density at radius 3 is 2.50 bits per heavy atom. The summed E-state index contributed by atoms with van der Waals surface area (Å²) < 4.78 is 5.20. The van der Waals surface area contributed by atoms with E-state index in [0.29, 0.717) is 36.2 Å². The van der Waals surface area contributed by atoms with E-state index in [2.05, 4.69) is 0 Å². The minimum Gasteiger partial charge on any atom is -0.441 e. The normalized spacial score (nSPS) is 16.3. The summed E-state index contributed by atoms with van der Waals surface area (Å²) in [6.07, 6.45) is -0.215. The average molecular weight is 355 g/mol. The van der Waals surface area contributed by atoms with Crippen LogP contribution in [-0.4, -0.2) is 23.5 Å². The topological polar surface area (TPSA) is 116 Å². The molecule has 1 aliphatic rings. The number of ether oxygens (including phenoxy) is 1. The van der Waals surface area contributed by atoms with Gasteiger partial charge in [-0.25, -0.2) is 4.79 Å². The summed E-state index contributed by atoms with van der Waals surface area (Å²) >= 11 is 0. The molecule has 0 aromatic heterocycles. The molecule has 0 radical (unpaired) electrons. The molecule has 8 heteroatoms. The summed E-state index contributed by atoms with van der Waals surface area (Å²) in [5, 5.41) is 10.8. The fourth-order valence-corrected chi connectivity index (χ4v) is 3.07. The summed E-state index contributed by atoms with van der Waals surface area (Å²) in [6, 6.07) is 12.6. The molecule has 2 aromatic rings. The predicted octanol–water partition coefficient (Wildman–Crippen LogP) is 3.17. The van der Waals surface area contributed by atoms with Crippen molar-refractivity contribution in [2.24, 2.45) is 5.73 Å². The van der Waals surface area contributed by atoms with Crippen LogP contribution in [-0.2, 0) is 4.74 Å². The Hall–Kier alpha value is -3.42. The van der Waals surface area contributed by atoms with Gasteiger partial charge in [-0.2, -0.15) is 0 Å². The number of rotatable bonds is 3. The number of carbonyl (C=O) groups is 2. The number of nitro groups is 1. The molecule has 1 atom stereocenters. The van der Waals surface area contributed by atoms with Crippen LogP contribution in [0.4, 0.5) is 16.2 Å². The average Bonchev–Trinajstić information content (AvgIpc) is 2.81. The third-order valence-corrected chi connectivity index (χ3v) is 4.25. The Balaban J connectivity index is 1.94. The molecule has 2 aromatic carbocycles. The number of hydrogen-bond acceptors (Lipinski definition) is 5. The largest absolute Gasteiger partial charge is 0.441 e. The Labute approximate surface area is 149 Å². The monoisotopic (exact) mass is 355 g/mol. The second-order valence-corrected chi connectivity index (χ2v) is 5.89. The second-order valence-electron chi connectivity index (χ2n) is 5.89. The number of benzene rings is 2. The van der Waals surface area contributed by atoms with Crippen LogP contribution in [0.25, 0.3) is 0 Å². The molecule has 8 nitrogen and oxygen atoms in total. The molecule has 2 amide bonds. The van der Waals surface area contributed by atoms with Gasteiger partial charge in [-0.05, 0) is 31.0 Å². The number of anilines is 1. The van der Waals surface area contributed by atoms with Crippen molar-refractivity contribution < 1.29 is 19.2 Å². The number of primary amides is 1. The quantitative estimate of drug-likeness (QED) is 0.670. The first-order valence-electron chi connectivity index (χ1n) is 8.08. The van der Waals surface area contributed by atoms with Gasteiger partial charge < -0.3 is 15.4 Å². The number of hydrogen-bond donors (Lipinski definition) is 1. The number of nitrogens with two attached hydrogens (primary N) is 1. The Kier molecular flexibility index (Phi) is 4.83. The van der Waals surface area contributed by atoms with E-state index in [9.17, 15) is 19.7 Å². The third-order valence-electron chi connectivity index (χ3n) is 4.25. The Morgan fingerprint density at radius 1 is 1.15 bits per heavy atom. The fourth-order valence-electron chi connectivity index (χ4n) is 3.07. The van der Waals surface area contributed by atoms with Crippen LogP contribution in [0.5, 0.6) is 0 Å². The summed E-state index contributed by atoms with van der Waals surface area (Å²) in [7, 11) is 0. The smallest absolute Gasteiger partial charge is 0.405 e. The van der Waals surface area contributed by atoms with Crippen LogP contribution in [0.3, 0.4) is 0 Å². The van der Waals surface area contributed by atoms with E-state index in [4.69, 9.17) is 10.5 Å². The zero-order chi connectivity index (χ0) is 18.7. The standard InChI is InChI=1S/C18H17N3O5/c19-18(23)26-16-6-3-11-20(15-5-2-1-4-14(15)16)17(22)12-7-9-13(10-8-12)21(24)25/h1-2,4-5,7-10,16H,3,6,11H2,(H2,19,23). The summed E-state index contributed by atoms with van der Waals surface area (Å²) in [5.41, 5.74) is 6.78. The molecule has 1 aliphatic heterocycles. The number of amides is 2. The molecule has 1 heterocycles. The lowest BCUT2D eigenvalue weighted by molar-refractivity contribution is -0.384. The van der Waals surface area contributed by atoms with E-state index in [1.807, 2.05) is 0 Å². The van der Waals surface area contributed by atoms with Crippen molar-refractivity contribution >= 4 is 23.4 Å². The molecule has 0 saturated carbocycles. The van der Waals surface area contributed by atoms with Crippen LogP contribution >= 0.6 is 0 Å². The highest BCUT2D eigenvalue weighted by Gasteiger charge is 2.28. The van der Waals surface area contributed by atoms with Gasteiger partial charge in [-0.3, -0.25) is 14.9 Å². The molecule has 1 unspecified atom stereocenters. The maximum absolute atomic E-state index is 12.9. The van der Waals surface area contributed by atoms with E-state index in [-0.39, 0.29) is 11.6 Å². The number of non-ortho nitro benzene ring substituents is 1. The van der Waals surface area contributed by atoms with Crippen LogP contribution < -0.4 is 10.6 Å². The highest BCUT2D eigenvalue weighted by Crippen LogP contribution is 2.35. The molecule has 0 saturated heterocycles. The molecule has 0 fully saturated rings. The molecular formula is C18H17N3O5. The van der Waals surface area contributed by atoms with Gasteiger partial charge in [0.25, 0.3) is 11.6 Å². The zero-order valence-corrected chi connectivity index (χ0v) is 13.8. The molecule has 0 spiro atoms. The van der Waals surface area contributed by atoms with Crippen molar-refractivity contribution in [2.45, 2.75) is 18.9 Å². The van der Waals surface area contributed by atoms with Gasteiger partial charge in [-0.1, -0.05) is 18.2 Å². The van der Waals surface area contributed by atoms with Gasteiger partial charge in [-0.15, -0.1) is 0 Å². The first kappa shape index (κ1) is 17.4. The molecule has 134 valence electrons. The number of nitro benzene ring substituents is 1. The summed E-state index contributed by atoms with van der Waals surface area (Å²) in [6.45, 7) is 0.436. The van der Waals surface area contributed by atoms with Gasteiger partial charge >= 0.3 is 6.09 Å². The van der Waals surface area contributed by atoms with E-state index >= 15 is 0 Å². The highest BCUT2D eigenvalue weighted by atomic mass is 16.6. The summed E-state index contributed by atoms with van der Waals surface area (Å²) in [5.74, 6) is -0.271. The lowest BCUT2D eigenvalue weighted by atomic mass is 10.0. The maximum atomic E-state index is 12.9. The van der Waals surface area contributed by atoms with Crippen LogP contribution in [0, 0.1) is 10.1 Å². The molecule has 3 rings (SSSR count). The summed E-state index contributed by atoms with van der Waals surface area (Å²) in [4.78, 5) is 36.0. The lowest BCUT2D eigenvalue weighted by Crippen LogP contribution is -2.31. The van der Waals surface area contributed by atoms with Crippen LogP contribution in [0.15, 0.2) is 48.5 Å². The molecule has 2 N–H and O–H groups in total. The van der Waals surface area contributed by atoms with Crippen molar-refractivity contribution in [1.29, 1.82) is 0 Å². The van der Waals surface area contributed by atoms with E-state index in [0.717, 1.165) is 0 Å². The zero-order valence-electron chi connectivity index (χ0n) is 13.8. The van der Waals surface area contributed by atoms with Crippen LogP contribution in [0.2, 0.25) is 0 Å². The van der Waals surface area contributed by atoms with E-state index in [1.54, 1.807) is 29.2 Å². The van der Waals surface area contributed by atoms with Crippen LogP contribution in [0.1, 0.15) is 34.9 Å². The number of fused-ring (bicyclic) bond motifs is 1. The van der Waals surface area contributed by atoms with Gasteiger partial charge in [0.2, 0.25) is 0 Å². The van der Waals surface area contributed by atoms with Crippen molar-refractivity contribution in [3.05, 3.63) is 69.8 Å². The van der Waals surface area contributed by atoms with Crippen molar-refractivity contribution in [3.63, 3.8) is 0 Å². The maximum Gasteiger partial charge on any atom is 0.405 e. The van der Waals surface area contributed by atoms with Crippen molar-refractivity contribution in [3.8, 4) is 0 Å². The minimum atomic E-state index is -0.861. The number of para-hydroxylation sites is 1. The lowest BCUT2D eigenvalue weighted by Gasteiger charge is -2.24. The Morgan fingerprint density at radius 2 is 1.85 bits per heavy atom. The molecule has 26 heavy (non-hydrogen) atoms. The molecular weight excluding hydrogens is 338 g/mol. The number of nitrogens with zero attached hydrogens (tertiary/aromatic N) is 2. The van der Waals surface area contributed by atoms with Gasteiger partial charge in [0.1, 0.15) is 6.10 Å². The van der Waals surface area contributed by atoms with E-state index in [1.165, 1.54) is 24.3 Å². The Bertz CT molecular complexity index is 850. The van der Waals surface area contributed by atoms with E-state index < -0.39 is 17.1 Å². The van der Waals surface area contributed by atoms with Crippen molar-refractivity contribution in [1.82, 2.24) is 0 Å². The van der Waals surface area contributed by atoms with Gasteiger partial charge in [0.15, 0.2) is 0 Å². The van der Waals surface area contributed by atoms with Crippen molar-refractivity contribution in [2.75, 3.05) is 11.4 Å². The molecule has 0 aliphatic carbocycles. The second kappa shape index (κ2) is 7.22. The minimum absolute atomic E-state index is 0.0762. The first-order chi connectivity index (χ1) is 12.5. The fraction of sp³-hybridized carbons (Fsp3) is 0.222. The van der Waals surface area contributed by atoms with Gasteiger partial charge in [0, 0.05) is 29.8 Å². The SMILES string of the molecule is NC(=O)OC1CCCN(C(=O)c2ccc([N+](=O)[O-])cc2)c2ccccc21.